The summed E-state index contributed by atoms with van der Waals surface area (Å²) in [4.78, 5) is 10.3. The van der Waals surface area contributed by atoms with Crippen molar-refractivity contribution in [1.29, 1.82) is 0 Å². The lowest BCUT2D eigenvalue weighted by molar-refractivity contribution is -0.114. The van der Waals surface area contributed by atoms with E-state index < -0.39 is 32.1 Å². The van der Waals surface area contributed by atoms with Gasteiger partial charge in [-0.25, -0.2) is 12.8 Å². The molecule has 6 heteroatoms. The first kappa shape index (κ1) is 12.3. The van der Waals surface area contributed by atoms with Gasteiger partial charge in [0, 0.05) is 4.47 Å². The van der Waals surface area contributed by atoms with Gasteiger partial charge in [0.05, 0.1) is 0 Å². The van der Waals surface area contributed by atoms with Crippen LogP contribution in [-0.2, 0) is 14.6 Å². The summed E-state index contributed by atoms with van der Waals surface area (Å²) in [6, 6.07) is 3.60. The highest BCUT2D eigenvalue weighted by Crippen LogP contribution is 2.20. The van der Waals surface area contributed by atoms with Crippen molar-refractivity contribution in [2.45, 2.75) is 11.8 Å². The Labute approximate surface area is 95.3 Å². The maximum Gasteiger partial charge on any atom is 0.188 e. The van der Waals surface area contributed by atoms with Crippen molar-refractivity contribution in [3.05, 3.63) is 28.5 Å². The Morgan fingerprint density at radius 3 is 2.53 bits per heavy atom. The summed E-state index contributed by atoms with van der Waals surface area (Å²) in [5.74, 6) is -2.05. The normalized spacial score (nSPS) is 11.4. The van der Waals surface area contributed by atoms with Gasteiger partial charge >= 0.3 is 0 Å². The molecule has 0 unspecified atom stereocenters. The smallest absolute Gasteiger partial charge is 0.188 e. The zero-order valence-corrected chi connectivity index (χ0v) is 10.2. The highest BCUT2D eigenvalue weighted by atomic mass is 79.9. The number of rotatable bonds is 3. The van der Waals surface area contributed by atoms with Crippen molar-refractivity contribution < 1.29 is 17.6 Å². The molecule has 0 bridgehead atoms. The number of hydrogen-bond acceptors (Lipinski definition) is 3. The predicted molar refractivity (Wildman–Crippen MR) is 56.8 cm³/mol. The molecule has 0 heterocycles. The van der Waals surface area contributed by atoms with Gasteiger partial charge in [-0.3, -0.25) is 4.79 Å². The van der Waals surface area contributed by atoms with E-state index in [1.807, 2.05) is 0 Å². The lowest BCUT2D eigenvalue weighted by Crippen LogP contribution is -2.14. The first-order chi connectivity index (χ1) is 6.83. The predicted octanol–water partition coefficient (Wildman–Crippen LogP) is 1.95. The number of benzene rings is 1. The molecular formula is C9H8BrFO3S. The minimum absolute atomic E-state index is 0.444. The molecule has 0 saturated carbocycles. The summed E-state index contributed by atoms with van der Waals surface area (Å²) in [7, 11) is -3.85. The van der Waals surface area contributed by atoms with Crippen LogP contribution in [0.1, 0.15) is 6.92 Å². The van der Waals surface area contributed by atoms with Crippen molar-refractivity contribution in [2.24, 2.45) is 0 Å². The van der Waals surface area contributed by atoms with Gasteiger partial charge in [-0.05, 0) is 25.1 Å². The van der Waals surface area contributed by atoms with E-state index in [0.717, 1.165) is 19.1 Å². The van der Waals surface area contributed by atoms with Gasteiger partial charge in [-0.2, -0.15) is 0 Å². The molecule has 3 nitrogen and oxygen atoms in total. The Morgan fingerprint density at radius 1 is 1.47 bits per heavy atom. The van der Waals surface area contributed by atoms with Crippen molar-refractivity contribution in [3.8, 4) is 0 Å². The van der Waals surface area contributed by atoms with Crippen LogP contribution in [0.15, 0.2) is 27.6 Å². The Balaban J connectivity index is 3.22. The molecule has 0 amide bonds. The van der Waals surface area contributed by atoms with Crippen LogP contribution in [0.5, 0.6) is 0 Å². The van der Waals surface area contributed by atoms with Crippen LogP contribution in [0.25, 0.3) is 0 Å². The van der Waals surface area contributed by atoms with E-state index in [9.17, 15) is 17.6 Å². The highest BCUT2D eigenvalue weighted by Gasteiger charge is 2.20. The van der Waals surface area contributed by atoms with E-state index in [4.69, 9.17) is 0 Å². The van der Waals surface area contributed by atoms with E-state index in [-0.39, 0.29) is 0 Å². The number of sulfone groups is 1. The summed E-state index contributed by atoms with van der Waals surface area (Å²) in [5, 5.41) is 0. The number of Topliss-reactive ketones (excluding diaryl/α,β-unsaturated/α-hetero) is 1. The number of carbonyl (C=O) groups is 1. The lowest BCUT2D eigenvalue weighted by Gasteiger charge is -2.03. The van der Waals surface area contributed by atoms with Crippen LogP contribution in [0.4, 0.5) is 4.39 Å². The molecule has 1 rings (SSSR count). The molecule has 0 spiro atoms. The van der Waals surface area contributed by atoms with Crippen molar-refractivity contribution >= 4 is 31.6 Å². The van der Waals surface area contributed by atoms with Crippen molar-refractivity contribution in [3.63, 3.8) is 0 Å². The molecule has 0 fully saturated rings. The highest BCUT2D eigenvalue weighted by molar-refractivity contribution is 9.10. The van der Waals surface area contributed by atoms with Gasteiger partial charge in [-0.1, -0.05) is 15.9 Å². The Kier molecular flexibility index (Phi) is 3.62. The van der Waals surface area contributed by atoms with Crippen LogP contribution >= 0.6 is 15.9 Å². The quantitative estimate of drug-likeness (QED) is 0.856. The molecule has 1 aromatic rings. The molecule has 0 atom stereocenters. The third kappa shape index (κ3) is 3.10. The number of carbonyl (C=O) groups excluding carboxylic acids is 1. The molecule has 0 aliphatic heterocycles. The summed E-state index contributed by atoms with van der Waals surface area (Å²) < 4.78 is 36.7. The molecule has 0 aliphatic carbocycles. The van der Waals surface area contributed by atoms with Gasteiger partial charge < -0.3 is 0 Å². The maximum atomic E-state index is 13.3. The minimum Gasteiger partial charge on any atom is -0.299 e. The second-order valence-electron chi connectivity index (χ2n) is 3.04. The Bertz CT molecular complexity index is 496. The molecule has 15 heavy (non-hydrogen) atoms. The third-order valence-electron chi connectivity index (χ3n) is 1.62. The van der Waals surface area contributed by atoms with E-state index in [2.05, 4.69) is 15.9 Å². The number of hydrogen-bond donors (Lipinski definition) is 0. The fraction of sp³-hybridized carbons (Fsp3) is 0.222. The number of ketones is 1. The molecule has 0 N–H and O–H groups in total. The first-order valence-electron chi connectivity index (χ1n) is 4.00. The molecule has 82 valence electrons. The molecule has 0 radical (unpaired) electrons. The minimum atomic E-state index is -3.85. The molecule has 0 saturated heterocycles. The maximum absolute atomic E-state index is 13.3. The van der Waals surface area contributed by atoms with Gasteiger partial charge in [0.2, 0.25) is 0 Å². The van der Waals surface area contributed by atoms with Crippen LogP contribution in [0.3, 0.4) is 0 Å². The van der Waals surface area contributed by atoms with E-state index in [1.165, 1.54) is 6.07 Å². The van der Waals surface area contributed by atoms with E-state index >= 15 is 0 Å². The van der Waals surface area contributed by atoms with Gasteiger partial charge in [-0.15, -0.1) is 0 Å². The second-order valence-corrected chi connectivity index (χ2v) is 5.91. The SMILES string of the molecule is CC(=O)CS(=O)(=O)c1ccc(Br)cc1F. The fourth-order valence-corrected chi connectivity index (χ4v) is 2.73. The zero-order chi connectivity index (χ0) is 11.6. The molecule has 1 aromatic carbocycles. The average molecular weight is 295 g/mol. The summed E-state index contributed by atoms with van der Waals surface area (Å²) in [5.41, 5.74) is 0. The first-order valence-corrected chi connectivity index (χ1v) is 6.45. The average Bonchev–Trinajstić information content (AvgIpc) is 1.99. The Morgan fingerprint density at radius 2 is 2.07 bits per heavy atom. The molecule has 0 aliphatic rings. The van der Waals surface area contributed by atoms with Gasteiger partial charge in [0.15, 0.2) is 9.84 Å². The van der Waals surface area contributed by atoms with Crippen LogP contribution in [-0.4, -0.2) is 20.0 Å². The fourth-order valence-electron chi connectivity index (χ4n) is 1.07. The summed E-state index contributed by atoms with van der Waals surface area (Å²) >= 11 is 3.01. The van der Waals surface area contributed by atoms with Crippen LogP contribution in [0, 0.1) is 5.82 Å². The lowest BCUT2D eigenvalue weighted by atomic mass is 10.3. The standard InChI is InChI=1S/C9H8BrFO3S/c1-6(12)5-15(13,14)9-3-2-7(10)4-8(9)11/h2-4H,5H2,1H3. The zero-order valence-electron chi connectivity index (χ0n) is 7.83. The van der Waals surface area contributed by atoms with Gasteiger partial charge in [0.25, 0.3) is 0 Å². The summed E-state index contributed by atoms with van der Waals surface area (Å²) in [6.45, 7) is 1.15. The van der Waals surface area contributed by atoms with Crippen molar-refractivity contribution in [1.82, 2.24) is 0 Å². The largest absolute Gasteiger partial charge is 0.299 e. The molecule has 0 aromatic heterocycles. The van der Waals surface area contributed by atoms with E-state index in [1.54, 1.807) is 0 Å². The second kappa shape index (κ2) is 4.40. The van der Waals surface area contributed by atoms with Crippen molar-refractivity contribution in [2.75, 3.05) is 5.75 Å². The third-order valence-corrected chi connectivity index (χ3v) is 3.90. The summed E-state index contributed by atoms with van der Waals surface area (Å²) in [6.07, 6.45) is 0. The van der Waals surface area contributed by atoms with E-state index in [0.29, 0.717) is 4.47 Å². The Hall–Kier alpha value is -0.750. The number of halogens is 2. The molecular weight excluding hydrogens is 287 g/mol. The monoisotopic (exact) mass is 294 g/mol. The topological polar surface area (TPSA) is 51.2 Å². The van der Waals surface area contributed by atoms with Gasteiger partial charge in [0.1, 0.15) is 22.2 Å². The van der Waals surface area contributed by atoms with Crippen LogP contribution < -0.4 is 0 Å². The van der Waals surface area contributed by atoms with Crippen LogP contribution in [0.2, 0.25) is 0 Å².